The third-order valence-electron chi connectivity index (χ3n) is 2.89. The Labute approximate surface area is 121 Å². The van der Waals surface area contributed by atoms with Gasteiger partial charge in [-0.15, -0.1) is 0 Å². The molecule has 2 rings (SSSR count). The molecule has 0 amide bonds. The molecule has 0 bridgehead atoms. The van der Waals surface area contributed by atoms with Crippen molar-refractivity contribution in [3.05, 3.63) is 69.0 Å². The Morgan fingerprint density at radius 2 is 1.89 bits per heavy atom. The van der Waals surface area contributed by atoms with E-state index in [2.05, 4.69) is 0 Å². The molecule has 0 aromatic heterocycles. The van der Waals surface area contributed by atoms with E-state index >= 15 is 0 Å². The van der Waals surface area contributed by atoms with Crippen molar-refractivity contribution >= 4 is 23.2 Å². The van der Waals surface area contributed by atoms with Crippen LogP contribution >= 0.6 is 23.2 Å². The zero-order valence-corrected chi connectivity index (χ0v) is 11.8. The van der Waals surface area contributed by atoms with Crippen LogP contribution in [0.1, 0.15) is 22.8 Å². The van der Waals surface area contributed by atoms with Crippen LogP contribution in [0.15, 0.2) is 36.4 Å². The van der Waals surface area contributed by atoms with Gasteiger partial charge in [0.15, 0.2) is 0 Å². The van der Waals surface area contributed by atoms with Crippen LogP contribution in [-0.4, -0.2) is 5.11 Å². The zero-order chi connectivity index (χ0) is 14.0. The zero-order valence-electron chi connectivity index (χ0n) is 10.3. The van der Waals surface area contributed by atoms with Crippen LogP contribution in [0.3, 0.4) is 0 Å². The van der Waals surface area contributed by atoms with Crippen molar-refractivity contribution in [3.63, 3.8) is 0 Å². The van der Waals surface area contributed by atoms with E-state index in [9.17, 15) is 9.50 Å². The van der Waals surface area contributed by atoms with Gasteiger partial charge in [0, 0.05) is 16.5 Å². The topological polar surface area (TPSA) is 20.2 Å². The highest BCUT2D eigenvalue weighted by Crippen LogP contribution is 2.26. The summed E-state index contributed by atoms with van der Waals surface area (Å²) in [5, 5.41) is 11.0. The smallest absolute Gasteiger partial charge is 0.125 e. The Kier molecular flexibility index (Phi) is 4.46. The summed E-state index contributed by atoms with van der Waals surface area (Å²) in [6.07, 6.45) is -0.521. The van der Waals surface area contributed by atoms with Crippen LogP contribution < -0.4 is 0 Å². The largest absolute Gasteiger partial charge is 0.388 e. The summed E-state index contributed by atoms with van der Waals surface area (Å²) >= 11 is 11.9. The number of benzene rings is 2. The highest BCUT2D eigenvalue weighted by Gasteiger charge is 2.12. The maximum atomic E-state index is 13.2. The van der Waals surface area contributed by atoms with Crippen LogP contribution in [0.4, 0.5) is 4.39 Å². The van der Waals surface area contributed by atoms with Crippen molar-refractivity contribution in [2.75, 3.05) is 0 Å². The molecule has 2 aromatic rings. The van der Waals surface area contributed by atoms with Crippen molar-refractivity contribution in [2.24, 2.45) is 0 Å². The lowest BCUT2D eigenvalue weighted by Crippen LogP contribution is -2.03. The van der Waals surface area contributed by atoms with E-state index in [-0.39, 0.29) is 5.02 Å². The Hall–Kier alpha value is -1.09. The van der Waals surface area contributed by atoms with Crippen molar-refractivity contribution in [3.8, 4) is 0 Å². The highest BCUT2D eigenvalue weighted by molar-refractivity contribution is 6.31. The number of aliphatic hydroxyl groups excluding tert-OH is 1. The lowest BCUT2D eigenvalue weighted by Gasteiger charge is -2.13. The van der Waals surface area contributed by atoms with E-state index in [4.69, 9.17) is 23.2 Å². The molecule has 0 aliphatic rings. The molecule has 0 saturated carbocycles. The maximum Gasteiger partial charge on any atom is 0.125 e. The molecule has 0 aliphatic carbocycles. The first-order chi connectivity index (χ1) is 8.95. The number of hydrogen-bond acceptors (Lipinski definition) is 1. The molecule has 1 unspecified atom stereocenters. The van der Waals surface area contributed by atoms with Gasteiger partial charge in [-0.25, -0.2) is 4.39 Å². The highest BCUT2D eigenvalue weighted by atomic mass is 35.5. The second kappa shape index (κ2) is 5.91. The molecule has 19 heavy (non-hydrogen) atoms. The lowest BCUT2D eigenvalue weighted by molar-refractivity contribution is 0.178. The van der Waals surface area contributed by atoms with Gasteiger partial charge in [-0.05, 0) is 47.9 Å². The third kappa shape index (κ3) is 3.69. The Bertz CT molecular complexity index is 578. The third-order valence-corrected chi connectivity index (χ3v) is 3.46. The van der Waals surface area contributed by atoms with E-state index in [1.165, 1.54) is 12.1 Å². The van der Waals surface area contributed by atoms with E-state index in [0.29, 0.717) is 17.0 Å². The molecule has 0 radical (unpaired) electrons. The normalized spacial score (nSPS) is 12.5. The van der Waals surface area contributed by atoms with Gasteiger partial charge < -0.3 is 5.11 Å². The van der Waals surface area contributed by atoms with Gasteiger partial charge in [-0.3, -0.25) is 0 Å². The van der Waals surface area contributed by atoms with Crippen LogP contribution in [0.2, 0.25) is 10.0 Å². The fraction of sp³-hybridized carbons (Fsp3) is 0.200. The maximum absolute atomic E-state index is 13.2. The average Bonchev–Trinajstić information content (AvgIpc) is 2.31. The molecular weight excluding hydrogens is 286 g/mol. The molecule has 1 nitrogen and oxygen atoms in total. The molecular formula is C15H13Cl2FO. The summed E-state index contributed by atoms with van der Waals surface area (Å²) in [6, 6.07) is 9.66. The number of rotatable bonds is 3. The first-order valence-electron chi connectivity index (χ1n) is 5.85. The summed E-state index contributed by atoms with van der Waals surface area (Å²) < 4.78 is 13.2. The number of halogens is 3. The Morgan fingerprint density at radius 1 is 1.16 bits per heavy atom. The van der Waals surface area contributed by atoms with Gasteiger partial charge in [0.1, 0.15) is 5.82 Å². The fourth-order valence-corrected chi connectivity index (χ4v) is 2.45. The first-order valence-corrected chi connectivity index (χ1v) is 6.60. The van der Waals surface area contributed by atoms with E-state index in [0.717, 1.165) is 11.1 Å². The minimum Gasteiger partial charge on any atom is -0.388 e. The SMILES string of the molecule is Cc1ccc(CC(O)c2cc(F)cc(Cl)c2)c(Cl)c1. The van der Waals surface area contributed by atoms with E-state index in [1.54, 1.807) is 6.07 Å². The lowest BCUT2D eigenvalue weighted by atomic mass is 10.0. The summed E-state index contributed by atoms with van der Waals surface area (Å²) in [5.74, 6) is -0.462. The summed E-state index contributed by atoms with van der Waals surface area (Å²) in [5.41, 5.74) is 2.32. The fourth-order valence-electron chi connectivity index (χ4n) is 1.91. The van der Waals surface area contributed by atoms with Crippen molar-refractivity contribution in [2.45, 2.75) is 19.4 Å². The van der Waals surface area contributed by atoms with Crippen LogP contribution in [0, 0.1) is 12.7 Å². The summed E-state index contributed by atoms with van der Waals surface area (Å²) in [7, 11) is 0. The van der Waals surface area contributed by atoms with E-state index in [1.807, 2.05) is 25.1 Å². The molecule has 1 atom stereocenters. The molecule has 0 spiro atoms. The molecule has 100 valence electrons. The molecule has 2 aromatic carbocycles. The Morgan fingerprint density at radius 3 is 2.53 bits per heavy atom. The quantitative estimate of drug-likeness (QED) is 0.869. The molecule has 0 fully saturated rings. The van der Waals surface area contributed by atoms with Gasteiger partial charge in [0.05, 0.1) is 6.10 Å². The van der Waals surface area contributed by atoms with Crippen LogP contribution in [0.5, 0.6) is 0 Å². The van der Waals surface area contributed by atoms with Crippen molar-refractivity contribution in [1.82, 2.24) is 0 Å². The minimum atomic E-state index is -0.839. The average molecular weight is 299 g/mol. The second-order valence-electron chi connectivity index (χ2n) is 4.52. The second-order valence-corrected chi connectivity index (χ2v) is 5.36. The molecule has 4 heteroatoms. The van der Waals surface area contributed by atoms with E-state index < -0.39 is 11.9 Å². The van der Waals surface area contributed by atoms with Gasteiger partial charge in [-0.1, -0.05) is 35.3 Å². The predicted molar refractivity (Wildman–Crippen MR) is 76.3 cm³/mol. The standard InChI is InChI=1S/C15H13Cl2FO/c1-9-2-3-10(14(17)4-9)7-15(19)11-5-12(16)8-13(18)6-11/h2-6,8,15,19H,7H2,1H3. The summed E-state index contributed by atoms with van der Waals surface area (Å²) in [4.78, 5) is 0. The van der Waals surface area contributed by atoms with Gasteiger partial charge in [0.2, 0.25) is 0 Å². The van der Waals surface area contributed by atoms with Gasteiger partial charge in [0.25, 0.3) is 0 Å². The molecule has 0 aliphatic heterocycles. The first kappa shape index (κ1) is 14.3. The van der Waals surface area contributed by atoms with Crippen molar-refractivity contribution in [1.29, 1.82) is 0 Å². The number of hydrogen-bond donors (Lipinski definition) is 1. The monoisotopic (exact) mass is 298 g/mol. The van der Waals surface area contributed by atoms with Crippen LogP contribution in [-0.2, 0) is 6.42 Å². The number of aliphatic hydroxyl groups is 1. The Balaban J connectivity index is 2.22. The van der Waals surface area contributed by atoms with Gasteiger partial charge in [-0.2, -0.15) is 0 Å². The van der Waals surface area contributed by atoms with Gasteiger partial charge >= 0.3 is 0 Å². The number of aryl methyl sites for hydroxylation is 1. The van der Waals surface area contributed by atoms with Crippen LogP contribution in [0.25, 0.3) is 0 Å². The van der Waals surface area contributed by atoms with Crippen molar-refractivity contribution < 1.29 is 9.50 Å². The predicted octanol–water partition coefficient (Wildman–Crippen LogP) is 4.72. The minimum absolute atomic E-state index is 0.268. The molecule has 0 saturated heterocycles. The molecule has 1 N–H and O–H groups in total. The molecule has 0 heterocycles. The summed E-state index contributed by atoms with van der Waals surface area (Å²) in [6.45, 7) is 1.94.